The molecule has 6 heteroatoms. The summed E-state index contributed by atoms with van der Waals surface area (Å²) < 4.78 is 7.24. The summed E-state index contributed by atoms with van der Waals surface area (Å²) in [5, 5.41) is 6.86. The number of hydrogen-bond donors (Lipinski definition) is 1. The highest BCUT2D eigenvalue weighted by Crippen LogP contribution is 2.25. The smallest absolute Gasteiger partial charge is 0.257 e. The summed E-state index contributed by atoms with van der Waals surface area (Å²) in [6, 6.07) is 8.01. The van der Waals surface area contributed by atoms with Gasteiger partial charge in [-0.05, 0) is 46.8 Å². The number of aromatic nitrogens is 3. The maximum absolute atomic E-state index is 12.6. The zero-order valence-corrected chi connectivity index (χ0v) is 14.6. The minimum atomic E-state index is -0.235. The van der Waals surface area contributed by atoms with Gasteiger partial charge in [0.15, 0.2) is 0 Å². The Hall–Kier alpha value is -2.63. The molecule has 1 atom stereocenters. The molecular weight excluding hydrogens is 304 g/mol. The molecule has 0 saturated heterocycles. The molecule has 1 amide bonds. The average Bonchev–Trinajstić information content (AvgIpc) is 3.07. The number of aryl methyl sites for hydroxylation is 2. The molecule has 0 aliphatic carbocycles. The molecule has 0 bridgehead atoms. The van der Waals surface area contributed by atoms with Gasteiger partial charge in [0, 0.05) is 6.04 Å². The van der Waals surface area contributed by atoms with Crippen LogP contribution < -0.4 is 5.32 Å². The Morgan fingerprint density at radius 2 is 1.92 bits per heavy atom. The second kappa shape index (κ2) is 6.11. The molecule has 2 aromatic heterocycles. The molecule has 0 aliphatic heterocycles. The third-order valence-electron chi connectivity index (χ3n) is 4.13. The van der Waals surface area contributed by atoms with E-state index in [1.807, 2.05) is 25.1 Å². The molecular formula is C18H22N4O2. The largest absolute Gasteiger partial charge is 0.361 e. The SMILES string of the molecule is Cc1noc(C)c1C(=O)NC(C)c1nc2ccccc2n1C(C)C. The van der Waals surface area contributed by atoms with Crippen molar-refractivity contribution in [3.63, 3.8) is 0 Å². The fourth-order valence-electron chi connectivity index (χ4n) is 3.05. The van der Waals surface area contributed by atoms with Crippen molar-refractivity contribution in [2.45, 2.75) is 46.7 Å². The molecule has 0 saturated carbocycles. The van der Waals surface area contributed by atoms with E-state index in [1.54, 1.807) is 13.8 Å². The van der Waals surface area contributed by atoms with Gasteiger partial charge >= 0.3 is 0 Å². The maximum atomic E-state index is 12.6. The Kier molecular flexibility index (Phi) is 4.13. The molecule has 0 spiro atoms. The van der Waals surface area contributed by atoms with Crippen LogP contribution in [0.25, 0.3) is 11.0 Å². The van der Waals surface area contributed by atoms with Crippen LogP contribution >= 0.6 is 0 Å². The summed E-state index contributed by atoms with van der Waals surface area (Å²) in [7, 11) is 0. The van der Waals surface area contributed by atoms with E-state index in [9.17, 15) is 4.79 Å². The zero-order chi connectivity index (χ0) is 17.4. The first-order valence-corrected chi connectivity index (χ1v) is 8.10. The van der Waals surface area contributed by atoms with E-state index in [2.05, 4.69) is 35.0 Å². The van der Waals surface area contributed by atoms with Crippen molar-refractivity contribution in [1.82, 2.24) is 20.0 Å². The highest BCUT2D eigenvalue weighted by atomic mass is 16.5. The van der Waals surface area contributed by atoms with Crippen LogP contribution in [-0.2, 0) is 0 Å². The van der Waals surface area contributed by atoms with E-state index in [0.29, 0.717) is 17.0 Å². The Morgan fingerprint density at radius 1 is 1.21 bits per heavy atom. The van der Waals surface area contributed by atoms with Gasteiger partial charge in [-0.2, -0.15) is 0 Å². The van der Waals surface area contributed by atoms with Crippen LogP contribution in [0.3, 0.4) is 0 Å². The number of imidazole rings is 1. The molecule has 1 aromatic carbocycles. The monoisotopic (exact) mass is 326 g/mol. The summed E-state index contributed by atoms with van der Waals surface area (Å²) in [4.78, 5) is 17.3. The molecule has 1 unspecified atom stereocenters. The minimum absolute atomic E-state index is 0.193. The molecule has 3 aromatic rings. The molecule has 3 rings (SSSR count). The molecule has 6 nitrogen and oxygen atoms in total. The van der Waals surface area contributed by atoms with Gasteiger partial charge in [0.05, 0.1) is 22.8 Å². The Balaban J connectivity index is 1.96. The van der Waals surface area contributed by atoms with Crippen molar-refractivity contribution in [3.8, 4) is 0 Å². The number of hydrogen-bond acceptors (Lipinski definition) is 4. The molecule has 126 valence electrons. The summed E-state index contributed by atoms with van der Waals surface area (Å²) in [5.41, 5.74) is 3.09. The fourth-order valence-corrected chi connectivity index (χ4v) is 3.05. The second-order valence-electron chi connectivity index (χ2n) is 6.32. The Labute approximate surface area is 140 Å². The number of rotatable bonds is 4. The molecule has 24 heavy (non-hydrogen) atoms. The molecule has 1 N–H and O–H groups in total. The van der Waals surface area contributed by atoms with Crippen LogP contribution in [0.1, 0.15) is 60.5 Å². The normalized spacial score (nSPS) is 12.8. The van der Waals surface area contributed by atoms with Crippen molar-refractivity contribution in [1.29, 1.82) is 0 Å². The fraction of sp³-hybridized carbons (Fsp3) is 0.389. The number of para-hydroxylation sites is 2. The lowest BCUT2D eigenvalue weighted by Crippen LogP contribution is -2.29. The first-order chi connectivity index (χ1) is 11.4. The number of nitrogens with zero attached hydrogens (tertiary/aromatic N) is 3. The van der Waals surface area contributed by atoms with Crippen molar-refractivity contribution in [2.75, 3.05) is 0 Å². The van der Waals surface area contributed by atoms with Crippen LogP contribution in [0.5, 0.6) is 0 Å². The summed E-state index contributed by atoms with van der Waals surface area (Å²) >= 11 is 0. The van der Waals surface area contributed by atoms with Gasteiger partial charge in [-0.25, -0.2) is 4.98 Å². The highest BCUT2D eigenvalue weighted by molar-refractivity contribution is 5.96. The van der Waals surface area contributed by atoms with Crippen molar-refractivity contribution < 1.29 is 9.32 Å². The van der Waals surface area contributed by atoms with Crippen LogP contribution in [0.4, 0.5) is 0 Å². The predicted molar refractivity (Wildman–Crippen MR) is 92.0 cm³/mol. The van der Waals surface area contributed by atoms with Gasteiger partial charge in [-0.3, -0.25) is 4.79 Å². The number of nitrogens with one attached hydrogen (secondary N) is 1. The van der Waals surface area contributed by atoms with E-state index >= 15 is 0 Å². The number of carbonyl (C=O) groups is 1. The van der Waals surface area contributed by atoms with Gasteiger partial charge in [0.1, 0.15) is 17.1 Å². The predicted octanol–water partition coefficient (Wildman–Crippen LogP) is 3.71. The van der Waals surface area contributed by atoms with E-state index in [1.165, 1.54) is 0 Å². The average molecular weight is 326 g/mol. The Bertz CT molecular complexity index is 872. The van der Waals surface area contributed by atoms with E-state index < -0.39 is 0 Å². The van der Waals surface area contributed by atoms with Crippen LogP contribution in [0.15, 0.2) is 28.8 Å². The Morgan fingerprint density at radius 3 is 2.54 bits per heavy atom. The van der Waals surface area contributed by atoms with Gasteiger partial charge in [0.25, 0.3) is 5.91 Å². The molecule has 0 radical (unpaired) electrons. The number of fused-ring (bicyclic) bond motifs is 1. The highest BCUT2D eigenvalue weighted by Gasteiger charge is 2.23. The first kappa shape index (κ1) is 16.2. The lowest BCUT2D eigenvalue weighted by atomic mass is 10.1. The number of amides is 1. The molecule has 0 aliphatic rings. The topological polar surface area (TPSA) is 73.0 Å². The van der Waals surface area contributed by atoms with Crippen molar-refractivity contribution >= 4 is 16.9 Å². The third kappa shape index (κ3) is 2.68. The number of carbonyl (C=O) groups excluding carboxylic acids is 1. The number of benzene rings is 1. The molecule has 0 fully saturated rings. The summed E-state index contributed by atoms with van der Waals surface area (Å²) in [5.74, 6) is 1.17. The van der Waals surface area contributed by atoms with Crippen molar-refractivity contribution in [2.24, 2.45) is 0 Å². The zero-order valence-electron chi connectivity index (χ0n) is 14.6. The van der Waals surface area contributed by atoms with E-state index in [4.69, 9.17) is 9.51 Å². The maximum Gasteiger partial charge on any atom is 0.257 e. The van der Waals surface area contributed by atoms with Gasteiger partial charge in [0.2, 0.25) is 0 Å². The van der Waals surface area contributed by atoms with E-state index in [0.717, 1.165) is 16.9 Å². The molecule has 2 heterocycles. The lowest BCUT2D eigenvalue weighted by Gasteiger charge is -2.18. The van der Waals surface area contributed by atoms with Gasteiger partial charge < -0.3 is 14.4 Å². The van der Waals surface area contributed by atoms with E-state index in [-0.39, 0.29) is 18.0 Å². The summed E-state index contributed by atoms with van der Waals surface area (Å²) in [6.07, 6.45) is 0. The van der Waals surface area contributed by atoms with Crippen LogP contribution in [-0.4, -0.2) is 20.6 Å². The third-order valence-corrected chi connectivity index (χ3v) is 4.13. The second-order valence-corrected chi connectivity index (χ2v) is 6.32. The quantitative estimate of drug-likeness (QED) is 0.793. The minimum Gasteiger partial charge on any atom is -0.361 e. The first-order valence-electron chi connectivity index (χ1n) is 8.10. The van der Waals surface area contributed by atoms with Crippen molar-refractivity contribution in [3.05, 3.63) is 47.1 Å². The van der Waals surface area contributed by atoms with Crippen LogP contribution in [0, 0.1) is 13.8 Å². The van der Waals surface area contributed by atoms with Gasteiger partial charge in [-0.15, -0.1) is 0 Å². The standard InChI is InChI=1S/C18H22N4O2/c1-10(2)22-15-9-7-6-8-14(15)20-17(22)12(4)19-18(23)16-11(3)21-24-13(16)5/h6-10,12H,1-5H3,(H,19,23). The lowest BCUT2D eigenvalue weighted by molar-refractivity contribution is 0.0935. The van der Waals surface area contributed by atoms with Gasteiger partial charge in [-0.1, -0.05) is 17.3 Å². The van der Waals surface area contributed by atoms with Crippen LogP contribution in [0.2, 0.25) is 0 Å². The summed E-state index contributed by atoms with van der Waals surface area (Å²) in [6.45, 7) is 9.67.